The zero-order valence-corrected chi connectivity index (χ0v) is 22.3. The number of hydrogen-bond acceptors (Lipinski definition) is 4. The van der Waals surface area contributed by atoms with E-state index in [1.54, 1.807) is 14.2 Å². The summed E-state index contributed by atoms with van der Waals surface area (Å²) in [4.78, 5) is 4.51. The van der Waals surface area contributed by atoms with Gasteiger partial charge < -0.3 is 19.3 Å². The van der Waals surface area contributed by atoms with Gasteiger partial charge in [-0.2, -0.15) is 0 Å². The lowest BCUT2D eigenvalue weighted by Gasteiger charge is -2.29. The second kappa shape index (κ2) is 11.1. The smallest absolute Gasteiger partial charge is 0.120 e. The second-order valence-corrected chi connectivity index (χ2v) is 9.26. The van der Waals surface area contributed by atoms with Gasteiger partial charge in [-0.25, -0.2) is 0 Å². The molecule has 190 valence electrons. The Morgan fingerprint density at radius 1 is 0.395 bits per heavy atom. The summed E-state index contributed by atoms with van der Waals surface area (Å²) in [5.41, 5.74) is 8.73. The first kappa shape index (κ1) is 25.0. The number of methoxy groups -OCH3 is 2. The molecule has 5 aromatic rings. The molecule has 0 aromatic heterocycles. The Bertz CT molecular complexity index is 1420. The third-order valence-electron chi connectivity index (χ3n) is 6.55. The summed E-state index contributed by atoms with van der Waals surface area (Å²) >= 11 is 0. The van der Waals surface area contributed by atoms with Crippen LogP contribution in [0.1, 0.15) is 11.1 Å². The van der Waals surface area contributed by atoms with Crippen molar-refractivity contribution in [2.75, 3.05) is 24.0 Å². The van der Waals surface area contributed by atoms with Gasteiger partial charge >= 0.3 is 0 Å². The van der Waals surface area contributed by atoms with Gasteiger partial charge in [-0.3, -0.25) is 0 Å². The SMILES string of the molecule is COc1cccc(N(c2cccc(OC)c2)c2cccc(N(c3ccc(C)cc3)c3ccc(C)cc3)c2)c1. The molecule has 0 bridgehead atoms. The van der Waals surface area contributed by atoms with E-state index in [1.807, 2.05) is 36.4 Å². The molecule has 0 saturated heterocycles. The van der Waals surface area contributed by atoms with Crippen molar-refractivity contribution in [2.24, 2.45) is 0 Å². The highest BCUT2D eigenvalue weighted by molar-refractivity contribution is 5.83. The normalized spacial score (nSPS) is 10.6. The molecule has 0 fully saturated rings. The van der Waals surface area contributed by atoms with Crippen molar-refractivity contribution < 1.29 is 9.47 Å². The van der Waals surface area contributed by atoms with Crippen LogP contribution in [0.15, 0.2) is 121 Å². The fourth-order valence-corrected chi connectivity index (χ4v) is 4.55. The Morgan fingerprint density at radius 2 is 0.737 bits per heavy atom. The van der Waals surface area contributed by atoms with Crippen LogP contribution in [0.4, 0.5) is 34.1 Å². The van der Waals surface area contributed by atoms with E-state index >= 15 is 0 Å². The van der Waals surface area contributed by atoms with Crippen molar-refractivity contribution in [2.45, 2.75) is 13.8 Å². The highest BCUT2D eigenvalue weighted by Crippen LogP contribution is 2.41. The molecular formula is C34H32N2O2. The summed E-state index contributed by atoms with van der Waals surface area (Å²) in [6.07, 6.45) is 0. The third-order valence-corrected chi connectivity index (χ3v) is 6.55. The molecule has 0 amide bonds. The van der Waals surface area contributed by atoms with Crippen LogP contribution in [-0.2, 0) is 0 Å². The molecule has 5 rings (SSSR count). The molecule has 5 aromatic carbocycles. The van der Waals surface area contributed by atoms with Gasteiger partial charge in [-0.05, 0) is 80.6 Å². The minimum atomic E-state index is 0.799. The molecule has 0 radical (unpaired) electrons. The summed E-state index contributed by atoms with van der Waals surface area (Å²) in [7, 11) is 3.38. The highest BCUT2D eigenvalue weighted by atomic mass is 16.5. The van der Waals surface area contributed by atoms with Gasteiger partial charge in [0, 0.05) is 46.3 Å². The van der Waals surface area contributed by atoms with Crippen molar-refractivity contribution in [3.63, 3.8) is 0 Å². The van der Waals surface area contributed by atoms with E-state index in [4.69, 9.17) is 9.47 Å². The van der Waals surface area contributed by atoms with Gasteiger partial charge in [0.2, 0.25) is 0 Å². The number of hydrogen-bond donors (Lipinski definition) is 0. The summed E-state index contributed by atoms with van der Waals surface area (Å²) in [6, 6.07) is 42.1. The first-order valence-electron chi connectivity index (χ1n) is 12.7. The number of anilines is 6. The predicted molar refractivity (Wildman–Crippen MR) is 158 cm³/mol. The van der Waals surface area contributed by atoms with Crippen molar-refractivity contribution in [1.29, 1.82) is 0 Å². The average molecular weight is 501 g/mol. The first-order valence-corrected chi connectivity index (χ1v) is 12.7. The largest absolute Gasteiger partial charge is 0.497 e. The number of nitrogens with zero attached hydrogens (tertiary/aromatic N) is 2. The summed E-state index contributed by atoms with van der Waals surface area (Å²) < 4.78 is 11.1. The minimum Gasteiger partial charge on any atom is -0.497 e. The molecule has 0 aliphatic rings. The molecule has 0 unspecified atom stereocenters. The molecule has 4 nitrogen and oxygen atoms in total. The first-order chi connectivity index (χ1) is 18.6. The van der Waals surface area contributed by atoms with Gasteiger partial charge in [-0.15, -0.1) is 0 Å². The van der Waals surface area contributed by atoms with E-state index in [1.165, 1.54) is 11.1 Å². The van der Waals surface area contributed by atoms with E-state index < -0.39 is 0 Å². The summed E-state index contributed by atoms with van der Waals surface area (Å²) in [5, 5.41) is 0. The average Bonchev–Trinajstić information content (AvgIpc) is 2.96. The lowest BCUT2D eigenvalue weighted by atomic mass is 10.1. The molecular weight excluding hydrogens is 468 g/mol. The van der Waals surface area contributed by atoms with Crippen molar-refractivity contribution >= 4 is 34.1 Å². The van der Waals surface area contributed by atoms with Gasteiger partial charge in [0.05, 0.1) is 14.2 Å². The maximum atomic E-state index is 5.56. The van der Waals surface area contributed by atoms with Crippen LogP contribution in [0, 0.1) is 13.8 Å². The Hall–Kier alpha value is -4.70. The van der Waals surface area contributed by atoms with E-state index in [0.717, 1.165) is 45.6 Å². The monoisotopic (exact) mass is 500 g/mol. The highest BCUT2D eigenvalue weighted by Gasteiger charge is 2.18. The molecule has 0 N–H and O–H groups in total. The number of benzene rings is 5. The molecule has 0 heterocycles. The second-order valence-electron chi connectivity index (χ2n) is 9.26. The molecule has 0 aliphatic carbocycles. The van der Waals surface area contributed by atoms with Gasteiger partial charge in [-0.1, -0.05) is 53.6 Å². The maximum absolute atomic E-state index is 5.56. The quantitative estimate of drug-likeness (QED) is 0.212. The van der Waals surface area contributed by atoms with Crippen LogP contribution < -0.4 is 19.3 Å². The Labute approximate surface area is 225 Å². The number of aryl methyl sites for hydroxylation is 2. The molecule has 38 heavy (non-hydrogen) atoms. The fourth-order valence-electron chi connectivity index (χ4n) is 4.55. The Balaban J connectivity index is 1.67. The van der Waals surface area contributed by atoms with E-state index in [-0.39, 0.29) is 0 Å². The lowest BCUT2D eigenvalue weighted by molar-refractivity contribution is 0.414. The Morgan fingerprint density at radius 3 is 1.13 bits per heavy atom. The van der Waals surface area contributed by atoms with Crippen molar-refractivity contribution in [3.8, 4) is 11.5 Å². The van der Waals surface area contributed by atoms with E-state index in [0.29, 0.717) is 0 Å². The van der Waals surface area contributed by atoms with Crippen LogP contribution in [0.5, 0.6) is 11.5 Å². The number of rotatable bonds is 8. The fraction of sp³-hybridized carbons (Fsp3) is 0.118. The van der Waals surface area contributed by atoms with Crippen LogP contribution in [0.2, 0.25) is 0 Å². The van der Waals surface area contributed by atoms with Gasteiger partial charge in [0.25, 0.3) is 0 Å². The predicted octanol–water partition coefficient (Wildman–Crippen LogP) is 9.26. The Kier molecular flexibility index (Phi) is 7.32. The molecule has 0 aliphatic heterocycles. The van der Waals surface area contributed by atoms with Crippen molar-refractivity contribution in [3.05, 3.63) is 132 Å². The van der Waals surface area contributed by atoms with Crippen LogP contribution in [-0.4, -0.2) is 14.2 Å². The molecule has 0 atom stereocenters. The molecule has 0 saturated carbocycles. The lowest BCUT2D eigenvalue weighted by Crippen LogP contribution is -2.13. The standard InChI is InChI=1S/C34H32N2O2/c1-25-14-18-27(19-15-25)35(28-20-16-26(2)17-21-28)29-8-5-9-30(22-29)36(31-10-6-12-33(23-31)37-3)32-11-7-13-34(24-32)38-4/h5-24H,1-4H3. The summed E-state index contributed by atoms with van der Waals surface area (Å²) in [6.45, 7) is 4.22. The van der Waals surface area contributed by atoms with Gasteiger partial charge in [0.1, 0.15) is 11.5 Å². The van der Waals surface area contributed by atoms with Gasteiger partial charge in [0.15, 0.2) is 0 Å². The minimum absolute atomic E-state index is 0.799. The maximum Gasteiger partial charge on any atom is 0.120 e. The molecule has 0 spiro atoms. The van der Waals surface area contributed by atoms with E-state index in [9.17, 15) is 0 Å². The van der Waals surface area contributed by atoms with Crippen molar-refractivity contribution in [1.82, 2.24) is 0 Å². The summed E-state index contributed by atoms with van der Waals surface area (Å²) in [5.74, 6) is 1.60. The third kappa shape index (κ3) is 5.35. The number of ether oxygens (including phenoxy) is 2. The zero-order chi connectivity index (χ0) is 26.5. The van der Waals surface area contributed by atoms with Crippen LogP contribution in [0.3, 0.4) is 0 Å². The van der Waals surface area contributed by atoms with Crippen LogP contribution in [0.25, 0.3) is 0 Å². The van der Waals surface area contributed by atoms with Crippen LogP contribution >= 0.6 is 0 Å². The molecule has 4 heteroatoms. The van der Waals surface area contributed by atoms with E-state index in [2.05, 4.69) is 109 Å². The zero-order valence-electron chi connectivity index (χ0n) is 22.3. The topological polar surface area (TPSA) is 24.9 Å².